The standard InChI is InChI=1S/C17H20F3N5O5/c1-10-2-5-16(6-3-10)14(28)25(15(29)21-16)23-12(26)9-30-13(27)8-24-7-4-11(22-24)17(18,19)20/h4,7,10H,2-3,5-6,8-9H2,1H3,(H,21,29)(H,23,26). The Kier molecular flexibility index (Phi) is 5.72. The van der Waals surface area contributed by atoms with Crippen molar-refractivity contribution in [2.75, 3.05) is 6.61 Å². The highest BCUT2D eigenvalue weighted by molar-refractivity contribution is 6.08. The van der Waals surface area contributed by atoms with E-state index in [1.165, 1.54) is 0 Å². The molecule has 1 saturated heterocycles. The number of carbonyl (C=O) groups is 4. The van der Waals surface area contributed by atoms with Crippen molar-refractivity contribution in [3.8, 4) is 0 Å². The second kappa shape index (κ2) is 7.95. The number of carbonyl (C=O) groups excluding carboxylic acids is 4. The average molecular weight is 431 g/mol. The second-order valence-corrected chi connectivity index (χ2v) is 7.43. The summed E-state index contributed by atoms with van der Waals surface area (Å²) in [5.41, 5.74) is -0.118. The van der Waals surface area contributed by atoms with Gasteiger partial charge in [0, 0.05) is 6.20 Å². The highest BCUT2D eigenvalue weighted by Gasteiger charge is 2.52. The normalized spacial score (nSPS) is 24.1. The van der Waals surface area contributed by atoms with E-state index in [2.05, 4.69) is 27.5 Å². The third-order valence-corrected chi connectivity index (χ3v) is 5.11. The summed E-state index contributed by atoms with van der Waals surface area (Å²) in [4.78, 5) is 48.4. The smallest absolute Gasteiger partial charge is 0.435 e. The number of nitrogens with one attached hydrogen (secondary N) is 2. The molecule has 0 radical (unpaired) electrons. The van der Waals surface area contributed by atoms with Gasteiger partial charge in [-0.3, -0.25) is 24.5 Å². The molecule has 4 amide bonds. The van der Waals surface area contributed by atoms with E-state index < -0.39 is 54.4 Å². The molecule has 1 aromatic heterocycles. The molecule has 3 rings (SSSR count). The number of hydrazine groups is 1. The van der Waals surface area contributed by atoms with Crippen LogP contribution < -0.4 is 10.7 Å². The number of alkyl halides is 3. The van der Waals surface area contributed by atoms with Gasteiger partial charge < -0.3 is 10.1 Å². The minimum atomic E-state index is -4.65. The zero-order valence-corrected chi connectivity index (χ0v) is 16.0. The van der Waals surface area contributed by atoms with Gasteiger partial charge in [0.05, 0.1) is 0 Å². The molecule has 2 heterocycles. The van der Waals surface area contributed by atoms with E-state index in [-0.39, 0.29) is 0 Å². The van der Waals surface area contributed by atoms with Crippen LogP contribution in [-0.4, -0.2) is 50.7 Å². The van der Waals surface area contributed by atoms with Crippen LogP contribution in [0.25, 0.3) is 0 Å². The molecule has 2 aliphatic rings. The van der Waals surface area contributed by atoms with Crippen LogP contribution in [-0.2, 0) is 31.8 Å². The number of nitrogens with zero attached hydrogens (tertiary/aromatic N) is 3. The van der Waals surface area contributed by atoms with Gasteiger partial charge in [0.1, 0.15) is 12.1 Å². The van der Waals surface area contributed by atoms with Gasteiger partial charge in [0.25, 0.3) is 11.8 Å². The van der Waals surface area contributed by atoms with E-state index in [9.17, 15) is 32.3 Å². The largest absolute Gasteiger partial charge is 0.454 e. The first-order valence-electron chi connectivity index (χ1n) is 9.23. The van der Waals surface area contributed by atoms with Crippen molar-refractivity contribution >= 4 is 23.8 Å². The molecular weight excluding hydrogens is 411 g/mol. The van der Waals surface area contributed by atoms with E-state index in [0.29, 0.717) is 34.5 Å². The molecule has 0 aromatic carbocycles. The highest BCUT2D eigenvalue weighted by Crippen LogP contribution is 2.35. The van der Waals surface area contributed by atoms with Crippen LogP contribution in [0.2, 0.25) is 0 Å². The molecule has 13 heteroatoms. The molecule has 164 valence electrons. The van der Waals surface area contributed by atoms with Crippen LogP contribution >= 0.6 is 0 Å². The van der Waals surface area contributed by atoms with Gasteiger partial charge in [-0.15, -0.1) is 0 Å². The van der Waals surface area contributed by atoms with Crippen molar-refractivity contribution < 1.29 is 37.1 Å². The quantitative estimate of drug-likeness (QED) is 0.529. The van der Waals surface area contributed by atoms with Gasteiger partial charge >= 0.3 is 18.2 Å². The van der Waals surface area contributed by atoms with Gasteiger partial charge in [-0.2, -0.15) is 23.3 Å². The summed E-state index contributed by atoms with van der Waals surface area (Å²) in [5, 5.41) is 6.37. The maximum Gasteiger partial charge on any atom is 0.435 e. The van der Waals surface area contributed by atoms with E-state index in [4.69, 9.17) is 0 Å². The summed E-state index contributed by atoms with van der Waals surface area (Å²) in [7, 11) is 0. The van der Waals surface area contributed by atoms with Crippen molar-refractivity contribution in [2.24, 2.45) is 5.92 Å². The fourth-order valence-electron chi connectivity index (χ4n) is 3.40. The minimum Gasteiger partial charge on any atom is -0.454 e. The fraction of sp³-hybridized carbons (Fsp3) is 0.588. The Morgan fingerprint density at radius 1 is 1.33 bits per heavy atom. The molecule has 1 spiro atoms. The predicted molar refractivity (Wildman–Crippen MR) is 92.1 cm³/mol. The Morgan fingerprint density at radius 2 is 2.00 bits per heavy atom. The summed E-state index contributed by atoms with van der Waals surface area (Å²) in [6.45, 7) is 0.580. The van der Waals surface area contributed by atoms with Crippen LogP contribution in [0.3, 0.4) is 0 Å². The lowest BCUT2D eigenvalue weighted by atomic mass is 9.77. The number of hydrogen-bond acceptors (Lipinski definition) is 6. The molecule has 0 unspecified atom stereocenters. The van der Waals surface area contributed by atoms with Crippen molar-refractivity contribution in [3.63, 3.8) is 0 Å². The molecule has 1 saturated carbocycles. The summed E-state index contributed by atoms with van der Waals surface area (Å²) >= 11 is 0. The Hall–Kier alpha value is -3.12. The molecule has 1 aliphatic heterocycles. The Labute approximate surface area is 168 Å². The first-order valence-corrected chi connectivity index (χ1v) is 9.23. The maximum absolute atomic E-state index is 12.6. The van der Waals surface area contributed by atoms with Gasteiger partial charge in [-0.25, -0.2) is 4.79 Å². The van der Waals surface area contributed by atoms with Gasteiger partial charge in [0.2, 0.25) is 0 Å². The first-order chi connectivity index (χ1) is 14.0. The molecule has 1 aliphatic carbocycles. The Morgan fingerprint density at radius 3 is 2.60 bits per heavy atom. The summed E-state index contributed by atoms with van der Waals surface area (Å²) in [5.74, 6) is -2.10. The SMILES string of the molecule is CC1CCC2(CC1)NC(=O)N(NC(=O)COC(=O)Cn1ccc(C(F)(F)F)n1)C2=O. The number of imide groups is 1. The van der Waals surface area contributed by atoms with Crippen LogP contribution in [0.5, 0.6) is 0 Å². The molecule has 2 fully saturated rings. The van der Waals surface area contributed by atoms with E-state index >= 15 is 0 Å². The van der Waals surface area contributed by atoms with E-state index in [1.807, 2.05) is 0 Å². The van der Waals surface area contributed by atoms with Crippen LogP contribution in [0, 0.1) is 5.92 Å². The maximum atomic E-state index is 12.6. The second-order valence-electron chi connectivity index (χ2n) is 7.43. The number of ether oxygens (including phenoxy) is 1. The lowest BCUT2D eigenvalue weighted by Gasteiger charge is -2.33. The average Bonchev–Trinajstić information content (AvgIpc) is 3.22. The lowest BCUT2D eigenvalue weighted by molar-refractivity contribution is -0.151. The Balaban J connectivity index is 1.48. The molecule has 10 nitrogen and oxygen atoms in total. The van der Waals surface area contributed by atoms with Crippen molar-refractivity contribution in [1.82, 2.24) is 25.5 Å². The number of esters is 1. The van der Waals surface area contributed by atoms with Crippen molar-refractivity contribution in [3.05, 3.63) is 18.0 Å². The predicted octanol–water partition coefficient (Wildman–Crippen LogP) is 0.977. The van der Waals surface area contributed by atoms with Gasteiger partial charge in [0.15, 0.2) is 12.3 Å². The number of aromatic nitrogens is 2. The number of amides is 4. The van der Waals surface area contributed by atoms with Crippen LogP contribution in [0.15, 0.2) is 12.3 Å². The fourth-order valence-corrected chi connectivity index (χ4v) is 3.40. The van der Waals surface area contributed by atoms with Crippen molar-refractivity contribution in [1.29, 1.82) is 0 Å². The number of urea groups is 1. The van der Waals surface area contributed by atoms with Gasteiger partial charge in [-0.1, -0.05) is 6.92 Å². The van der Waals surface area contributed by atoms with E-state index in [1.54, 1.807) is 0 Å². The topological polar surface area (TPSA) is 123 Å². The first kappa shape index (κ1) is 21.6. The third kappa shape index (κ3) is 4.54. The zero-order valence-electron chi connectivity index (χ0n) is 16.0. The summed E-state index contributed by atoms with van der Waals surface area (Å²) in [6.07, 6.45) is -1.26. The highest BCUT2D eigenvalue weighted by atomic mass is 19.4. The molecule has 30 heavy (non-hydrogen) atoms. The monoisotopic (exact) mass is 431 g/mol. The number of rotatable bonds is 5. The van der Waals surface area contributed by atoms with Crippen LogP contribution in [0.1, 0.15) is 38.3 Å². The lowest BCUT2D eigenvalue weighted by Crippen LogP contribution is -2.52. The number of hydrogen-bond donors (Lipinski definition) is 2. The zero-order chi connectivity index (χ0) is 22.1. The molecular formula is C17H20F3N5O5. The summed E-state index contributed by atoms with van der Waals surface area (Å²) < 4.78 is 42.9. The molecule has 0 bridgehead atoms. The molecule has 2 N–H and O–H groups in total. The van der Waals surface area contributed by atoms with Crippen LogP contribution in [0.4, 0.5) is 18.0 Å². The van der Waals surface area contributed by atoms with Gasteiger partial charge in [-0.05, 0) is 37.7 Å². The van der Waals surface area contributed by atoms with Crippen molar-refractivity contribution in [2.45, 2.75) is 50.9 Å². The summed E-state index contributed by atoms with van der Waals surface area (Å²) in [6, 6.07) is -0.0789. The Bertz CT molecular complexity index is 860. The third-order valence-electron chi connectivity index (χ3n) is 5.11. The number of halogens is 3. The molecule has 1 aromatic rings. The minimum absolute atomic E-state index is 0.436. The molecule has 0 atom stereocenters. The van der Waals surface area contributed by atoms with E-state index in [0.717, 1.165) is 19.0 Å².